The first-order valence-electron chi connectivity index (χ1n) is 9.40. The van der Waals surface area contributed by atoms with Crippen molar-refractivity contribution in [2.45, 2.75) is 13.3 Å². The number of benzene rings is 2. The second-order valence-corrected chi connectivity index (χ2v) is 6.89. The molecule has 2 aromatic rings. The Bertz CT molecular complexity index is 800. The lowest BCUT2D eigenvalue weighted by Gasteiger charge is -2.34. The SMILES string of the molecule is CC(=O)Nc1ccc(NC(=O)N2CCN(CCc3ccc(F)cc3)CC2)cc1. The summed E-state index contributed by atoms with van der Waals surface area (Å²) in [6.07, 6.45) is 0.868. The highest BCUT2D eigenvalue weighted by molar-refractivity contribution is 5.91. The first kappa shape index (κ1) is 19.8. The molecule has 28 heavy (non-hydrogen) atoms. The van der Waals surface area contributed by atoms with Crippen LogP contribution in [0.5, 0.6) is 0 Å². The molecule has 0 spiro atoms. The normalized spacial score (nSPS) is 14.6. The van der Waals surface area contributed by atoms with E-state index in [1.807, 2.05) is 12.1 Å². The van der Waals surface area contributed by atoms with Gasteiger partial charge in [0.05, 0.1) is 0 Å². The van der Waals surface area contributed by atoms with Crippen LogP contribution in [0, 0.1) is 5.82 Å². The first-order valence-corrected chi connectivity index (χ1v) is 9.40. The fourth-order valence-corrected chi connectivity index (χ4v) is 3.16. The number of urea groups is 1. The number of carbonyl (C=O) groups excluding carboxylic acids is 2. The number of amides is 3. The average molecular weight is 384 g/mol. The molecule has 1 aliphatic rings. The zero-order valence-corrected chi connectivity index (χ0v) is 16.0. The maximum Gasteiger partial charge on any atom is 0.321 e. The summed E-state index contributed by atoms with van der Waals surface area (Å²) in [6.45, 7) is 5.31. The minimum atomic E-state index is -0.215. The Morgan fingerprint density at radius 2 is 1.46 bits per heavy atom. The topological polar surface area (TPSA) is 64.7 Å². The Morgan fingerprint density at radius 1 is 0.893 bits per heavy atom. The van der Waals surface area contributed by atoms with Gasteiger partial charge in [0.15, 0.2) is 0 Å². The standard InChI is InChI=1S/C21H25FN4O2/c1-16(27)23-19-6-8-20(9-7-19)24-21(28)26-14-12-25(13-15-26)11-10-17-2-4-18(22)5-3-17/h2-9H,10-15H2,1H3,(H,23,27)(H,24,28). The van der Waals surface area contributed by atoms with Crippen molar-refractivity contribution in [2.75, 3.05) is 43.4 Å². The van der Waals surface area contributed by atoms with E-state index >= 15 is 0 Å². The number of rotatable bonds is 5. The Labute approximate surface area is 164 Å². The van der Waals surface area contributed by atoms with E-state index in [2.05, 4.69) is 15.5 Å². The molecule has 6 nitrogen and oxygen atoms in total. The molecule has 1 aliphatic heterocycles. The van der Waals surface area contributed by atoms with E-state index in [4.69, 9.17) is 0 Å². The molecule has 2 N–H and O–H groups in total. The van der Waals surface area contributed by atoms with Crippen LogP contribution in [0.2, 0.25) is 0 Å². The van der Waals surface area contributed by atoms with Crippen LogP contribution in [-0.2, 0) is 11.2 Å². The number of carbonyl (C=O) groups is 2. The zero-order chi connectivity index (χ0) is 19.9. The molecule has 0 saturated carbocycles. The van der Waals surface area contributed by atoms with Gasteiger partial charge in [-0.15, -0.1) is 0 Å². The fourth-order valence-electron chi connectivity index (χ4n) is 3.16. The van der Waals surface area contributed by atoms with Crippen LogP contribution in [0.25, 0.3) is 0 Å². The minimum absolute atomic E-state index is 0.120. The van der Waals surface area contributed by atoms with E-state index in [0.29, 0.717) is 24.5 Å². The highest BCUT2D eigenvalue weighted by atomic mass is 19.1. The largest absolute Gasteiger partial charge is 0.326 e. The summed E-state index contributed by atoms with van der Waals surface area (Å²) >= 11 is 0. The summed E-state index contributed by atoms with van der Waals surface area (Å²) in [6, 6.07) is 13.5. The second kappa shape index (κ2) is 9.32. The van der Waals surface area contributed by atoms with E-state index in [0.717, 1.165) is 31.6 Å². The highest BCUT2D eigenvalue weighted by Crippen LogP contribution is 2.15. The quantitative estimate of drug-likeness (QED) is 0.832. The lowest BCUT2D eigenvalue weighted by Crippen LogP contribution is -2.50. The lowest BCUT2D eigenvalue weighted by molar-refractivity contribution is -0.114. The average Bonchev–Trinajstić information content (AvgIpc) is 2.69. The maximum absolute atomic E-state index is 13.0. The van der Waals surface area contributed by atoms with Crippen LogP contribution in [0.1, 0.15) is 12.5 Å². The van der Waals surface area contributed by atoms with Gasteiger partial charge in [-0.2, -0.15) is 0 Å². The van der Waals surface area contributed by atoms with Gasteiger partial charge < -0.3 is 15.5 Å². The van der Waals surface area contributed by atoms with Crippen LogP contribution < -0.4 is 10.6 Å². The molecule has 2 aromatic carbocycles. The Kier molecular flexibility index (Phi) is 6.60. The molecule has 1 fully saturated rings. The van der Waals surface area contributed by atoms with Crippen molar-refractivity contribution in [3.63, 3.8) is 0 Å². The van der Waals surface area contributed by atoms with Crippen LogP contribution in [0.3, 0.4) is 0 Å². The van der Waals surface area contributed by atoms with Crippen molar-refractivity contribution in [1.82, 2.24) is 9.80 Å². The molecule has 0 radical (unpaired) electrons. The van der Waals surface area contributed by atoms with Crippen LogP contribution >= 0.6 is 0 Å². The third-order valence-electron chi connectivity index (χ3n) is 4.75. The number of anilines is 2. The van der Waals surface area contributed by atoms with Crippen molar-refractivity contribution in [3.05, 3.63) is 59.9 Å². The molecule has 0 atom stereocenters. The molecule has 0 bridgehead atoms. The Balaban J connectivity index is 1.42. The molecule has 0 unspecified atom stereocenters. The number of nitrogens with zero attached hydrogens (tertiary/aromatic N) is 2. The van der Waals surface area contributed by atoms with Crippen molar-refractivity contribution in [2.24, 2.45) is 0 Å². The Morgan fingerprint density at radius 3 is 2.04 bits per heavy atom. The van der Waals surface area contributed by atoms with E-state index in [1.54, 1.807) is 29.2 Å². The first-order chi connectivity index (χ1) is 13.5. The predicted molar refractivity (Wildman–Crippen MR) is 108 cm³/mol. The van der Waals surface area contributed by atoms with E-state index < -0.39 is 0 Å². The zero-order valence-electron chi connectivity index (χ0n) is 16.0. The third kappa shape index (κ3) is 5.79. The monoisotopic (exact) mass is 384 g/mol. The summed E-state index contributed by atoms with van der Waals surface area (Å²) in [5.74, 6) is -0.345. The molecule has 148 valence electrons. The number of halogens is 1. The smallest absolute Gasteiger partial charge is 0.321 e. The minimum Gasteiger partial charge on any atom is -0.326 e. The number of hydrogen-bond donors (Lipinski definition) is 2. The summed E-state index contributed by atoms with van der Waals surface area (Å²) in [5.41, 5.74) is 2.50. The van der Waals surface area contributed by atoms with Gasteiger partial charge in [0, 0.05) is 51.0 Å². The van der Waals surface area contributed by atoms with Gasteiger partial charge in [-0.05, 0) is 48.4 Å². The van der Waals surface area contributed by atoms with Gasteiger partial charge in [0.1, 0.15) is 5.82 Å². The number of piperazine rings is 1. The van der Waals surface area contributed by atoms with Gasteiger partial charge >= 0.3 is 6.03 Å². The molecule has 0 aliphatic carbocycles. The summed E-state index contributed by atoms with van der Waals surface area (Å²) in [4.78, 5) is 27.6. The van der Waals surface area contributed by atoms with Crippen molar-refractivity contribution in [3.8, 4) is 0 Å². The van der Waals surface area contributed by atoms with Crippen molar-refractivity contribution in [1.29, 1.82) is 0 Å². The summed E-state index contributed by atoms with van der Waals surface area (Å²) < 4.78 is 13.0. The third-order valence-corrected chi connectivity index (χ3v) is 4.75. The maximum atomic E-state index is 13.0. The van der Waals surface area contributed by atoms with Gasteiger partial charge in [-0.25, -0.2) is 9.18 Å². The molecular weight excluding hydrogens is 359 g/mol. The molecule has 0 aromatic heterocycles. The van der Waals surface area contributed by atoms with Gasteiger partial charge in [0.2, 0.25) is 5.91 Å². The van der Waals surface area contributed by atoms with Gasteiger partial charge in [-0.3, -0.25) is 9.69 Å². The van der Waals surface area contributed by atoms with Crippen LogP contribution in [0.4, 0.5) is 20.6 Å². The van der Waals surface area contributed by atoms with E-state index in [1.165, 1.54) is 19.1 Å². The molecule has 1 saturated heterocycles. The van der Waals surface area contributed by atoms with E-state index in [-0.39, 0.29) is 17.8 Å². The number of nitrogens with one attached hydrogen (secondary N) is 2. The molecule has 7 heteroatoms. The number of hydrogen-bond acceptors (Lipinski definition) is 3. The van der Waals surface area contributed by atoms with Gasteiger partial charge in [0.25, 0.3) is 0 Å². The van der Waals surface area contributed by atoms with Gasteiger partial charge in [-0.1, -0.05) is 12.1 Å². The fraction of sp³-hybridized carbons (Fsp3) is 0.333. The molecule has 1 heterocycles. The lowest BCUT2D eigenvalue weighted by atomic mass is 10.1. The molecule has 3 amide bonds. The van der Waals surface area contributed by atoms with Crippen molar-refractivity contribution >= 4 is 23.3 Å². The summed E-state index contributed by atoms with van der Waals surface area (Å²) in [5, 5.41) is 5.58. The summed E-state index contributed by atoms with van der Waals surface area (Å²) in [7, 11) is 0. The van der Waals surface area contributed by atoms with E-state index in [9.17, 15) is 14.0 Å². The Hall–Kier alpha value is -2.93. The van der Waals surface area contributed by atoms with Crippen molar-refractivity contribution < 1.29 is 14.0 Å². The molecular formula is C21H25FN4O2. The highest BCUT2D eigenvalue weighted by Gasteiger charge is 2.20. The predicted octanol–water partition coefficient (Wildman–Crippen LogP) is 3.18. The molecule has 3 rings (SSSR count). The van der Waals surface area contributed by atoms with Crippen LogP contribution in [0.15, 0.2) is 48.5 Å². The van der Waals surface area contributed by atoms with Crippen LogP contribution in [-0.4, -0.2) is 54.5 Å². The second-order valence-electron chi connectivity index (χ2n) is 6.89.